The van der Waals surface area contributed by atoms with Crippen LogP contribution in [0.5, 0.6) is 0 Å². The summed E-state index contributed by atoms with van der Waals surface area (Å²) in [5, 5.41) is 0. The van der Waals surface area contributed by atoms with Crippen LogP contribution < -0.4 is 0 Å². The number of ether oxygens (including phenoxy) is 1. The molecule has 0 fully saturated rings. The predicted molar refractivity (Wildman–Crippen MR) is 40.0 cm³/mol. The van der Waals surface area contributed by atoms with Crippen molar-refractivity contribution in [2.75, 3.05) is 25.2 Å². The highest BCUT2D eigenvalue weighted by Crippen LogP contribution is 1.81. The van der Waals surface area contributed by atoms with E-state index in [1.807, 2.05) is 0 Å². The zero-order valence-electron chi connectivity index (χ0n) is 6.05. The number of hydrogen-bond donors (Lipinski definition) is 0. The van der Waals surface area contributed by atoms with Gasteiger partial charge in [0.25, 0.3) is 0 Å². The average molecular weight is 150 g/mol. The minimum Gasteiger partial charge on any atom is -0.381 e. The first-order valence-electron chi connectivity index (χ1n) is 3.15. The van der Waals surface area contributed by atoms with E-state index < -0.39 is 10.8 Å². The molecule has 0 saturated heterocycles. The van der Waals surface area contributed by atoms with Crippen molar-refractivity contribution < 1.29 is 8.95 Å². The molecule has 3 heteroatoms. The first-order chi connectivity index (χ1) is 4.27. The molecule has 0 saturated carbocycles. The Kier molecular flexibility index (Phi) is 6.31. The summed E-state index contributed by atoms with van der Waals surface area (Å²) in [4.78, 5) is 0. The summed E-state index contributed by atoms with van der Waals surface area (Å²) >= 11 is 0. The van der Waals surface area contributed by atoms with Crippen LogP contribution in [-0.4, -0.2) is 29.4 Å². The highest BCUT2D eigenvalue weighted by molar-refractivity contribution is 7.84. The Balaban J connectivity index is 2.83. The highest BCUT2D eigenvalue weighted by atomic mass is 32.2. The van der Waals surface area contributed by atoms with Crippen molar-refractivity contribution in [3.05, 3.63) is 0 Å². The lowest BCUT2D eigenvalue weighted by molar-refractivity contribution is 0.150. The van der Waals surface area contributed by atoms with Crippen molar-refractivity contribution >= 4 is 10.8 Å². The third-order valence-electron chi connectivity index (χ3n) is 0.864. The monoisotopic (exact) mass is 150 g/mol. The second kappa shape index (κ2) is 6.23. The van der Waals surface area contributed by atoms with E-state index in [1.54, 1.807) is 6.26 Å². The first-order valence-corrected chi connectivity index (χ1v) is 4.88. The van der Waals surface area contributed by atoms with Crippen molar-refractivity contribution in [3.63, 3.8) is 0 Å². The third kappa shape index (κ3) is 8.11. The van der Waals surface area contributed by atoms with Gasteiger partial charge in [-0.3, -0.25) is 4.21 Å². The molecule has 0 heterocycles. The van der Waals surface area contributed by atoms with E-state index in [0.29, 0.717) is 12.4 Å². The van der Waals surface area contributed by atoms with Crippen LogP contribution in [0.1, 0.15) is 13.3 Å². The normalized spacial score (nSPS) is 13.6. The van der Waals surface area contributed by atoms with Gasteiger partial charge in [-0.1, -0.05) is 6.92 Å². The Morgan fingerprint density at radius 3 is 2.56 bits per heavy atom. The molecule has 0 aromatic rings. The van der Waals surface area contributed by atoms with Gasteiger partial charge in [-0.2, -0.15) is 0 Å². The summed E-state index contributed by atoms with van der Waals surface area (Å²) in [5.74, 6) is 0.667. The minimum absolute atomic E-state index is 0.636. The fourth-order valence-electron chi connectivity index (χ4n) is 0.423. The molecule has 0 bridgehead atoms. The summed E-state index contributed by atoms with van der Waals surface area (Å²) in [6, 6.07) is 0. The topological polar surface area (TPSA) is 26.3 Å². The fourth-order valence-corrected chi connectivity index (χ4v) is 0.775. The van der Waals surface area contributed by atoms with Gasteiger partial charge in [0.05, 0.1) is 6.61 Å². The summed E-state index contributed by atoms with van der Waals surface area (Å²) < 4.78 is 15.5. The Morgan fingerprint density at radius 2 is 2.11 bits per heavy atom. The van der Waals surface area contributed by atoms with E-state index in [2.05, 4.69) is 6.92 Å². The smallest absolute Gasteiger partial charge is 0.0581 e. The molecule has 0 rings (SSSR count). The highest BCUT2D eigenvalue weighted by Gasteiger charge is 1.88. The lowest BCUT2D eigenvalue weighted by Gasteiger charge is -1.98. The van der Waals surface area contributed by atoms with Crippen molar-refractivity contribution in [2.24, 2.45) is 0 Å². The van der Waals surface area contributed by atoms with E-state index in [1.165, 1.54) is 0 Å². The SMILES string of the molecule is CCCOCCS(C)=O. The van der Waals surface area contributed by atoms with Gasteiger partial charge in [0.2, 0.25) is 0 Å². The molecular weight excluding hydrogens is 136 g/mol. The third-order valence-corrected chi connectivity index (χ3v) is 1.61. The average Bonchev–Trinajstić information content (AvgIpc) is 1.80. The fraction of sp³-hybridized carbons (Fsp3) is 1.00. The van der Waals surface area contributed by atoms with Crippen LogP contribution in [0.25, 0.3) is 0 Å². The van der Waals surface area contributed by atoms with Crippen LogP contribution in [0.3, 0.4) is 0 Å². The van der Waals surface area contributed by atoms with Gasteiger partial charge in [0.1, 0.15) is 0 Å². The summed E-state index contributed by atoms with van der Waals surface area (Å²) in [5.41, 5.74) is 0. The van der Waals surface area contributed by atoms with Crippen LogP contribution in [0.15, 0.2) is 0 Å². The first kappa shape index (κ1) is 9.11. The van der Waals surface area contributed by atoms with E-state index in [4.69, 9.17) is 4.74 Å². The lowest BCUT2D eigenvalue weighted by atomic mass is 10.5. The maximum absolute atomic E-state index is 10.4. The van der Waals surface area contributed by atoms with Gasteiger partial charge in [-0.15, -0.1) is 0 Å². The van der Waals surface area contributed by atoms with Crippen molar-refractivity contribution in [3.8, 4) is 0 Å². The molecule has 56 valence electrons. The van der Waals surface area contributed by atoms with Crippen LogP contribution in [0.4, 0.5) is 0 Å². The Hall–Kier alpha value is 0.110. The molecule has 9 heavy (non-hydrogen) atoms. The summed E-state index contributed by atoms with van der Waals surface area (Å²) in [6.07, 6.45) is 2.73. The molecule has 0 aliphatic heterocycles. The Morgan fingerprint density at radius 1 is 1.44 bits per heavy atom. The molecule has 0 spiro atoms. The zero-order chi connectivity index (χ0) is 7.11. The molecule has 0 aliphatic rings. The van der Waals surface area contributed by atoms with Gasteiger partial charge in [0.15, 0.2) is 0 Å². The maximum atomic E-state index is 10.4. The zero-order valence-corrected chi connectivity index (χ0v) is 6.87. The van der Waals surface area contributed by atoms with E-state index in [9.17, 15) is 4.21 Å². The molecular formula is C6H14O2S. The molecule has 1 atom stereocenters. The largest absolute Gasteiger partial charge is 0.381 e. The van der Waals surface area contributed by atoms with Crippen LogP contribution in [0.2, 0.25) is 0 Å². The van der Waals surface area contributed by atoms with Gasteiger partial charge in [-0.05, 0) is 6.42 Å². The molecule has 1 unspecified atom stereocenters. The van der Waals surface area contributed by atoms with Crippen LogP contribution in [0, 0.1) is 0 Å². The number of rotatable bonds is 5. The molecule has 0 radical (unpaired) electrons. The molecule has 2 nitrogen and oxygen atoms in total. The van der Waals surface area contributed by atoms with E-state index in [-0.39, 0.29) is 0 Å². The lowest BCUT2D eigenvalue weighted by Crippen LogP contribution is -2.04. The maximum Gasteiger partial charge on any atom is 0.0581 e. The van der Waals surface area contributed by atoms with Crippen molar-refractivity contribution in [2.45, 2.75) is 13.3 Å². The van der Waals surface area contributed by atoms with Gasteiger partial charge < -0.3 is 4.74 Å². The van der Waals surface area contributed by atoms with Gasteiger partial charge in [0, 0.05) is 29.4 Å². The molecule has 0 N–H and O–H groups in total. The summed E-state index contributed by atoms with van der Waals surface area (Å²) in [7, 11) is -0.694. The van der Waals surface area contributed by atoms with Crippen LogP contribution in [-0.2, 0) is 15.5 Å². The Labute approximate surface area is 59.1 Å². The van der Waals surface area contributed by atoms with Crippen molar-refractivity contribution in [1.29, 1.82) is 0 Å². The van der Waals surface area contributed by atoms with Gasteiger partial charge in [-0.25, -0.2) is 0 Å². The van der Waals surface area contributed by atoms with E-state index in [0.717, 1.165) is 13.0 Å². The quantitative estimate of drug-likeness (QED) is 0.542. The van der Waals surface area contributed by atoms with E-state index >= 15 is 0 Å². The summed E-state index contributed by atoms with van der Waals surface area (Å²) in [6.45, 7) is 3.48. The molecule has 0 aromatic carbocycles. The number of hydrogen-bond acceptors (Lipinski definition) is 2. The molecule has 0 aliphatic carbocycles. The molecule has 0 amide bonds. The molecule has 0 aromatic heterocycles. The second-order valence-corrected chi connectivity index (χ2v) is 3.44. The standard InChI is InChI=1S/C6H14O2S/c1-3-4-8-5-6-9(2)7/h3-6H2,1-2H3. The predicted octanol–water partition coefficient (Wildman–Crippen LogP) is 0.792. The van der Waals surface area contributed by atoms with Crippen molar-refractivity contribution in [1.82, 2.24) is 0 Å². The van der Waals surface area contributed by atoms with Gasteiger partial charge >= 0.3 is 0 Å². The Bertz CT molecular complexity index is 83.1. The van der Waals surface area contributed by atoms with Crippen LogP contribution >= 0.6 is 0 Å². The minimum atomic E-state index is -0.694. The second-order valence-electron chi connectivity index (χ2n) is 1.89.